The number of benzene rings is 1. The van der Waals surface area contributed by atoms with Gasteiger partial charge in [0, 0.05) is 11.9 Å². The zero-order valence-electron chi connectivity index (χ0n) is 13.9. The largest absolute Gasteiger partial charge is 0.417 e. The van der Waals surface area contributed by atoms with Crippen LogP contribution >= 0.6 is 0 Å². The van der Waals surface area contributed by atoms with Crippen LogP contribution in [0.1, 0.15) is 27.2 Å². The van der Waals surface area contributed by atoms with Crippen LogP contribution < -0.4 is 5.32 Å². The monoisotopic (exact) mass is 371 g/mol. The molecule has 0 aliphatic carbocycles. The maximum atomic E-state index is 13.0. The number of hydrogen-bond acceptors (Lipinski definition) is 4. The third-order valence-corrected chi connectivity index (χ3v) is 3.82. The van der Waals surface area contributed by atoms with Crippen molar-refractivity contribution < 1.29 is 18.0 Å². The molecular formula is C18H12F3N5O. The van der Waals surface area contributed by atoms with E-state index < -0.39 is 23.2 Å². The van der Waals surface area contributed by atoms with Gasteiger partial charge in [-0.3, -0.25) is 4.79 Å². The number of alkyl halides is 3. The zero-order valence-corrected chi connectivity index (χ0v) is 13.9. The highest BCUT2D eigenvalue weighted by Gasteiger charge is 2.34. The second-order valence-electron chi connectivity index (χ2n) is 5.57. The number of rotatable bonds is 3. The van der Waals surface area contributed by atoms with Gasteiger partial charge in [-0.25, -0.2) is 9.67 Å². The van der Waals surface area contributed by atoms with E-state index in [4.69, 9.17) is 5.26 Å². The number of nitriles is 1. The summed E-state index contributed by atoms with van der Waals surface area (Å²) in [7, 11) is 0. The number of hydrogen-bond donors (Lipinski definition) is 1. The maximum absolute atomic E-state index is 13.0. The lowest BCUT2D eigenvalue weighted by Gasteiger charge is -2.11. The molecule has 0 spiro atoms. The SMILES string of the molecule is Cc1c(C(=O)Nc2ccc(C#N)c(C(F)(F)F)c2)cnn1-c1ccccn1. The molecule has 0 unspecified atom stereocenters. The minimum Gasteiger partial charge on any atom is -0.322 e. The van der Waals surface area contributed by atoms with Crippen LogP contribution in [0.15, 0.2) is 48.8 Å². The molecule has 9 heteroatoms. The number of anilines is 1. The molecule has 1 aromatic carbocycles. The maximum Gasteiger partial charge on any atom is 0.417 e. The molecule has 0 bridgehead atoms. The second-order valence-corrected chi connectivity index (χ2v) is 5.57. The summed E-state index contributed by atoms with van der Waals surface area (Å²) in [6.07, 6.45) is -1.81. The Labute approximate surface area is 151 Å². The van der Waals surface area contributed by atoms with Crippen molar-refractivity contribution in [1.29, 1.82) is 5.26 Å². The summed E-state index contributed by atoms with van der Waals surface area (Å²) in [6, 6.07) is 9.68. The summed E-state index contributed by atoms with van der Waals surface area (Å²) >= 11 is 0. The molecule has 0 aliphatic rings. The van der Waals surface area contributed by atoms with Gasteiger partial charge in [-0.1, -0.05) is 6.07 Å². The number of aromatic nitrogens is 3. The van der Waals surface area contributed by atoms with Crippen molar-refractivity contribution in [3.8, 4) is 11.9 Å². The van der Waals surface area contributed by atoms with Gasteiger partial charge in [-0.05, 0) is 37.3 Å². The minimum absolute atomic E-state index is 0.0729. The molecule has 0 aliphatic heterocycles. The van der Waals surface area contributed by atoms with Gasteiger partial charge in [-0.2, -0.15) is 23.5 Å². The van der Waals surface area contributed by atoms with E-state index in [2.05, 4.69) is 15.4 Å². The Kier molecular flexibility index (Phi) is 4.64. The van der Waals surface area contributed by atoms with Crippen LogP contribution in [0.5, 0.6) is 0 Å². The van der Waals surface area contributed by atoms with E-state index >= 15 is 0 Å². The van der Waals surface area contributed by atoms with E-state index in [1.165, 1.54) is 23.0 Å². The number of nitrogens with zero attached hydrogens (tertiary/aromatic N) is 4. The molecule has 2 aromatic heterocycles. The van der Waals surface area contributed by atoms with Crippen molar-refractivity contribution in [2.75, 3.05) is 5.32 Å². The van der Waals surface area contributed by atoms with Crippen LogP contribution in [0, 0.1) is 18.3 Å². The van der Waals surface area contributed by atoms with Crippen LogP contribution in [-0.2, 0) is 6.18 Å². The van der Waals surface area contributed by atoms with Crippen molar-refractivity contribution in [3.63, 3.8) is 0 Å². The number of halogens is 3. The summed E-state index contributed by atoms with van der Waals surface area (Å²) in [5.74, 6) is -0.112. The molecule has 2 heterocycles. The van der Waals surface area contributed by atoms with Gasteiger partial charge in [0.1, 0.15) is 0 Å². The molecule has 136 valence electrons. The standard InChI is InChI=1S/C18H12F3N5O/c1-11-14(10-24-26(11)16-4-2-3-7-23-16)17(27)25-13-6-5-12(9-22)15(8-13)18(19,20)21/h2-8,10H,1H3,(H,25,27). The highest BCUT2D eigenvalue weighted by molar-refractivity contribution is 6.05. The zero-order chi connectivity index (χ0) is 19.6. The van der Waals surface area contributed by atoms with Crippen molar-refractivity contribution in [2.45, 2.75) is 13.1 Å². The average molecular weight is 371 g/mol. The van der Waals surface area contributed by atoms with Crippen LogP contribution in [0.2, 0.25) is 0 Å². The topological polar surface area (TPSA) is 83.6 Å². The van der Waals surface area contributed by atoms with Crippen molar-refractivity contribution in [1.82, 2.24) is 14.8 Å². The van der Waals surface area contributed by atoms with Gasteiger partial charge in [0.15, 0.2) is 5.82 Å². The predicted molar refractivity (Wildman–Crippen MR) is 90.2 cm³/mol. The summed E-state index contributed by atoms with van der Waals surface area (Å²) in [4.78, 5) is 16.6. The normalized spacial score (nSPS) is 11.1. The van der Waals surface area contributed by atoms with E-state index in [-0.39, 0.29) is 11.3 Å². The lowest BCUT2D eigenvalue weighted by Crippen LogP contribution is -2.15. The molecular weight excluding hydrogens is 359 g/mol. The summed E-state index contributed by atoms with van der Waals surface area (Å²) in [5, 5.41) is 15.3. The first-order valence-corrected chi connectivity index (χ1v) is 7.70. The smallest absolute Gasteiger partial charge is 0.322 e. The Morgan fingerprint density at radius 2 is 2.04 bits per heavy atom. The predicted octanol–water partition coefficient (Wildman–Crippen LogP) is 3.72. The Bertz CT molecular complexity index is 1040. The van der Waals surface area contributed by atoms with Gasteiger partial charge in [-0.15, -0.1) is 0 Å². The van der Waals surface area contributed by atoms with Gasteiger partial charge in [0.05, 0.1) is 34.7 Å². The van der Waals surface area contributed by atoms with Crippen LogP contribution in [0.25, 0.3) is 5.82 Å². The molecule has 1 N–H and O–H groups in total. The Morgan fingerprint density at radius 3 is 2.67 bits per heavy atom. The lowest BCUT2D eigenvalue weighted by atomic mass is 10.1. The van der Waals surface area contributed by atoms with E-state index in [0.29, 0.717) is 11.5 Å². The Balaban J connectivity index is 1.89. The lowest BCUT2D eigenvalue weighted by molar-refractivity contribution is -0.137. The number of pyridine rings is 1. The molecule has 27 heavy (non-hydrogen) atoms. The number of amides is 1. The molecule has 3 aromatic rings. The fourth-order valence-corrected chi connectivity index (χ4v) is 2.49. The first kappa shape index (κ1) is 18.1. The second kappa shape index (κ2) is 6.92. The fraction of sp³-hybridized carbons (Fsp3) is 0.111. The number of carbonyl (C=O) groups excluding carboxylic acids is 1. The summed E-state index contributed by atoms with van der Waals surface area (Å²) < 4.78 is 40.6. The van der Waals surface area contributed by atoms with E-state index in [1.807, 2.05) is 0 Å². The Morgan fingerprint density at radius 1 is 1.26 bits per heavy atom. The van der Waals surface area contributed by atoms with Crippen LogP contribution in [0.4, 0.5) is 18.9 Å². The van der Waals surface area contributed by atoms with Crippen LogP contribution in [-0.4, -0.2) is 20.7 Å². The third kappa shape index (κ3) is 3.64. The molecule has 0 saturated carbocycles. The van der Waals surface area contributed by atoms with E-state index in [1.54, 1.807) is 31.3 Å². The molecule has 6 nitrogen and oxygen atoms in total. The van der Waals surface area contributed by atoms with Gasteiger partial charge in [0.25, 0.3) is 5.91 Å². The first-order valence-electron chi connectivity index (χ1n) is 7.70. The molecule has 0 saturated heterocycles. The van der Waals surface area contributed by atoms with E-state index in [9.17, 15) is 18.0 Å². The molecule has 0 radical (unpaired) electrons. The summed E-state index contributed by atoms with van der Waals surface area (Å²) in [6.45, 7) is 1.65. The quantitative estimate of drug-likeness (QED) is 0.761. The first-order chi connectivity index (χ1) is 12.8. The van der Waals surface area contributed by atoms with Gasteiger partial charge < -0.3 is 5.32 Å². The molecule has 3 rings (SSSR count). The van der Waals surface area contributed by atoms with Crippen molar-refractivity contribution in [3.05, 3.63) is 71.2 Å². The summed E-state index contributed by atoms with van der Waals surface area (Å²) in [5.41, 5.74) is -1.02. The fourth-order valence-electron chi connectivity index (χ4n) is 2.49. The van der Waals surface area contributed by atoms with Crippen LogP contribution in [0.3, 0.4) is 0 Å². The highest BCUT2D eigenvalue weighted by atomic mass is 19.4. The Hall–Kier alpha value is -3.67. The van der Waals surface area contributed by atoms with Crippen molar-refractivity contribution in [2.24, 2.45) is 0 Å². The average Bonchev–Trinajstić information content (AvgIpc) is 3.03. The number of nitrogens with one attached hydrogen (secondary N) is 1. The van der Waals surface area contributed by atoms with Gasteiger partial charge in [0.2, 0.25) is 0 Å². The van der Waals surface area contributed by atoms with Crippen molar-refractivity contribution >= 4 is 11.6 Å². The minimum atomic E-state index is -4.70. The molecule has 0 fully saturated rings. The molecule has 0 atom stereocenters. The highest BCUT2D eigenvalue weighted by Crippen LogP contribution is 2.33. The van der Waals surface area contributed by atoms with E-state index in [0.717, 1.165) is 12.1 Å². The third-order valence-electron chi connectivity index (χ3n) is 3.82. The van der Waals surface area contributed by atoms with Gasteiger partial charge >= 0.3 is 6.18 Å². The number of carbonyl (C=O) groups is 1. The molecule has 1 amide bonds.